The Morgan fingerprint density at radius 1 is 1.09 bits per heavy atom. The molecule has 2 aromatic carbocycles. The predicted molar refractivity (Wildman–Crippen MR) is 125 cm³/mol. The van der Waals surface area contributed by atoms with Gasteiger partial charge in [-0.1, -0.05) is 5.16 Å². The van der Waals surface area contributed by atoms with Gasteiger partial charge < -0.3 is 23.8 Å². The number of rotatable bonds is 6. The molecule has 1 heterocycles. The maximum atomic E-state index is 11.9. The Morgan fingerprint density at radius 3 is 2.21 bits per heavy atom. The van der Waals surface area contributed by atoms with E-state index >= 15 is 0 Å². The monoisotopic (exact) mass is 470 g/mol. The number of nitrogens with zero attached hydrogens (tertiary/aromatic N) is 4. The first-order valence-electron chi connectivity index (χ1n) is 9.56. The van der Waals surface area contributed by atoms with E-state index in [9.17, 15) is 9.90 Å². The van der Waals surface area contributed by atoms with Crippen LogP contribution in [-0.2, 0) is 4.74 Å². The van der Waals surface area contributed by atoms with Crippen molar-refractivity contribution in [3.63, 3.8) is 0 Å². The van der Waals surface area contributed by atoms with Gasteiger partial charge in [-0.05, 0) is 42.7 Å². The third kappa shape index (κ3) is 5.50. The Morgan fingerprint density at radius 2 is 1.73 bits per heavy atom. The summed E-state index contributed by atoms with van der Waals surface area (Å²) < 4.78 is 20.2. The number of phenolic OH excluding ortho intramolecular Hbond substituents is 1. The molecular formula is C22H22N4O6S. The van der Waals surface area contributed by atoms with E-state index in [1.54, 1.807) is 49.6 Å². The quantitative estimate of drug-likeness (QED) is 0.411. The van der Waals surface area contributed by atoms with E-state index in [0.717, 1.165) is 5.56 Å². The molecule has 0 spiro atoms. The van der Waals surface area contributed by atoms with Crippen LogP contribution in [0.5, 0.6) is 17.2 Å². The van der Waals surface area contributed by atoms with E-state index in [4.69, 9.17) is 19.0 Å². The van der Waals surface area contributed by atoms with Gasteiger partial charge in [0, 0.05) is 18.1 Å². The maximum absolute atomic E-state index is 11.9. The van der Waals surface area contributed by atoms with E-state index in [2.05, 4.69) is 19.9 Å². The van der Waals surface area contributed by atoms with Crippen LogP contribution in [0, 0.1) is 6.92 Å². The van der Waals surface area contributed by atoms with Crippen LogP contribution in [0.1, 0.15) is 11.5 Å². The number of phenols is 1. The molecule has 0 fully saturated rings. The van der Waals surface area contributed by atoms with Crippen molar-refractivity contribution >= 4 is 34.3 Å². The standard InChI is InChI=1S/C22H22N4O6S/c1-12-23-20(26-32-12)13-6-8-15(9-7-13)24-18(21(33-5)25-22(28)31-4)14-10-16(29-2)19(27)17(11-14)30-3/h6-11,27H,1-5H3/b24-18?,25-21-. The van der Waals surface area contributed by atoms with Crippen LogP contribution in [0.15, 0.2) is 50.9 Å². The zero-order valence-electron chi connectivity index (χ0n) is 18.6. The molecule has 172 valence electrons. The van der Waals surface area contributed by atoms with Crippen LogP contribution >= 0.6 is 11.8 Å². The van der Waals surface area contributed by atoms with Crippen molar-refractivity contribution in [2.45, 2.75) is 6.92 Å². The molecule has 0 unspecified atom stereocenters. The lowest BCUT2D eigenvalue weighted by Crippen LogP contribution is -2.15. The second-order valence-corrected chi connectivity index (χ2v) is 7.26. The normalized spacial score (nSPS) is 11.9. The number of aliphatic imine (C=N–C) groups is 2. The topological polar surface area (TPSA) is 129 Å². The molecule has 0 aliphatic rings. The van der Waals surface area contributed by atoms with Gasteiger partial charge in [0.25, 0.3) is 0 Å². The van der Waals surface area contributed by atoms with Gasteiger partial charge in [0.15, 0.2) is 11.5 Å². The first kappa shape index (κ1) is 23.8. The van der Waals surface area contributed by atoms with Crippen molar-refractivity contribution < 1.29 is 28.6 Å². The summed E-state index contributed by atoms with van der Waals surface area (Å²) in [5, 5.41) is 14.5. The van der Waals surface area contributed by atoms with Crippen LogP contribution in [-0.4, -0.2) is 59.7 Å². The summed E-state index contributed by atoms with van der Waals surface area (Å²) in [6.45, 7) is 1.71. The summed E-state index contributed by atoms with van der Waals surface area (Å²) in [4.78, 5) is 24.8. The number of aryl methyl sites for hydroxylation is 1. The van der Waals surface area contributed by atoms with Crippen molar-refractivity contribution in [1.29, 1.82) is 0 Å². The van der Waals surface area contributed by atoms with E-state index in [-0.39, 0.29) is 17.2 Å². The Labute approximate surface area is 194 Å². The Balaban J connectivity index is 2.14. The third-order valence-corrected chi connectivity index (χ3v) is 5.08. The highest BCUT2D eigenvalue weighted by atomic mass is 32.2. The summed E-state index contributed by atoms with van der Waals surface area (Å²) in [7, 11) is 4.09. The minimum atomic E-state index is -0.771. The zero-order chi connectivity index (χ0) is 24.0. The summed E-state index contributed by atoms with van der Waals surface area (Å²) in [5.74, 6) is 1.14. The molecule has 1 aromatic heterocycles. The number of aromatic nitrogens is 2. The first-order chi connectivity index (χ1) is 15.9. The van der Waals surface area contributed by atoms with Gasteiger partial charge in [-0.3, -0.25) is 0 Å². The van der Waals surface area contributed by atoms with Gasteiger partial charge in [0.05, 0.1) is 27.0 Å². The smallest absolute Gasteiger partial charge is 0.434 e. The van der Waals surface area contributed by atoms with Crippen molar-refractivity contribution in [3.8, 4) is 28.6 Å². The Bertz CT molecular complexity index is 1180. The van der Waals surface area contributed by atoms with Crippen LogP contribution in [0.3, 0.4) is 0 Å². The molecule has 1 amide bonds. The number of hydrogen-bond acceptors (Lipinski definition) is 10. The number of benzene rings is 2. The fourth-order valence-electron chi connectivity index (χ4n) is 2.82. The fourth-order valence-corrected chi connectivity index (χ4v) is 3.34. The van der Waals surface area contributed by atoms with Crippen molar-refractivity contribution in [2.75, 3.05) is 27.6 Å². The van der Waals surface area contributed by atoms with Crippen molar-refractivity contribution in [2.24, 2.45) is 9.98 Å². The molecule has 0 saturated heterocycles. The molecule has 0 saturated carbocycles. The molecule has 0 aliphatic carbocycles. The number of thioether (sulfide) groups is 1. The number of ether oxygens (including phenoxy) is 3. The first-order valence-corrected chi connectivity index (χ1v) is 10.8. The number of aromatic hydroxyl groups is 1. The number of amides is 1. The number of carbonyl (C=O) groups is 1. The highest BCUT2D eigenvalue weighted by molar-refractivity contribution is 8.15. The molecule has 1 N–H and O–H groups in total. The largest absolute Gasteiger partial charge is 0.502 e. The van der Waals surface area contributed by atoms with Gasteiger partial charge in [0.1, 0.15) is 10.8 Å². The summed E-state index contributed by atoms with van der Waals surface area (Å²) in [5.41, 5.74) is 2.20. The molecule has 0 radical (unpaired) electrons. The molecule has 33 heavy (non-hydrogen) atoms. The minimum absolute atomic E-state index is 0.154. The Kier molecular flexibility index (Phi) is 7.67. The SMILES string of the molecule is COC(=O)/N=C(\SC)C(=Nc1ccc(-c2noc(C)n2)cc1)c1cc(OC)c(O)c(OC)c1. The summed E-state index contributed by atoms with van der Waals surface area (Å²) >= 11 is 1.21. The molecule has 0 atom stereocenters. The van der Waals surface area contributed by atoms with E-state index in [0.29, 0.717) is 33.7 Å². The second-order valence-electron chi connectivity index (χ2n) is 6.46. The molecule has 0 aliphatic heterocycles. The maximum Gasteiger partial charge on any atom is 0.434 e. The number of methoxy groups -OCH3 is 3. The molecule has 0 bridgehead atoms. The highest BCUT2D eigenvalue weighted by Gasteiger charge is 2.19. The average molecular weight is 471 g/mol. The third-order valence-electron chi connectivity index (χ3n) is 4.41. The van der Waals surface area contributed by atoms with Gasteiger partial charge in [-0.25, -0.2) is 9.79 Å². The van der Waals surface area contributed by atoms with Crippen LogP contribution in [0.25, 0.3) is 11.4 Å². The average Bonchev–Trinajstić information content (AvgIpc) is 3.27. The van der Waals surface area contributed by atoms with E-state index in [1.807, 2.05) is 0 Å². The van der Waals surface area contributed by atoms with Gasteiger partial charge >= 0.3 is 6.09 Å². The second kappa shape index (κ2) is 10.6. The highest BCUT2D eigenvalue weighted by Crippen LogP contribution is 2.38. The molecule has 10 nitrogen and oxygen atoms in total. The number of carbonyl (C=O) groups excluding carboxylic acids is 1. The molecule has 3 aromatic rings. The van der Waals surface area contributed by atoms with Crippen molar-refractivity contribution in [1.82, 2.24) is 10.1 Å². The Hall–Kier alpha value is -3.86. The van der Waals surface area contributed by atoms with Gasteiger partial charge in [0.2, 0.25) is 17.5 Å². The summed E-state index contributed by atoms with van der Waals surface area (Å²) in [6, 6.07) is 10.3. The lowest BCUT2D eigenvalue weighted by Gasteiger charge is -2.14. The molecular weight excluding hydrogens is 448 g/mol. The zero-order valence-corrected chi connectivity index (χ0v) is 19.5. The van der Waals surface area contributed by atoms with Crippen LogP contribution in [0.4, 0.5) is 10.5 Å². The predicted octanol–water partition coefficient (Wildman–Crippen LogP) is 4.42. The molecule has 11 heteroatoms. The van der Waals surface area contributed by atoms with E-state index < -0.39 is 6.09 Å². The van der Waals surface area contributed by atoms with E-state index in [1.165, 1.54) is 33.1 Å². The lowest BCUT2D eigenvalue weighted by atomic mass is 10.1. The molecule has 3 rings (SSSR count). The van der Waals surface area contributed by atoms with Gasteiger partial charge in [-0.2, -0.15) is 9.98 Å². The van der Waals surface area contributed by atoms with Gasteiger partial charge in [-0.15, -0.1) is 11.8 Å². The summed E-state index contributed by atoms with van der Waals surface area (Å²) in [6.07, 6.45) is 0.987. The van der Waals surface area contributed by atoms with Crippen LogP contribution in [0.2, 0.25) is 0 Å². The van der Waals surface area contributed by atoms with Crippen LogP contribution < -0.4 is 9.47 Å². The minimum Gasteiger partial charge on any atom is -0.502 e. The van der Waals surface area contributed by atoms with Crippen molar-refractivity contribution in [3.05, 3.63) is 47.9 Å². The fraction of sp³-hybridized carbons (Fsp3) is 0.227. The lowest BCUT2D eigenvalue weighted by molar-refractivity contribution is 0.183. The number of hydrogen-bond donors (Lipinski definition) is 1.